The highest BCUT2D eigenvalue weighted by Crippen LogP contribution is 2.43. The van der Waals surface area contributed by atoms with E-state index in [0.29, 0.717) is 17.4 Å². The summed E-state index contributed by atoms with van der Waals surface area (Å²) in [6, 6.07) is -0.862. The van der Waals surface area contributed by atoms with E-state index in [9.17, 15) is 19.4 Å². The SMILES string of the molecule is CCCCCCCCCCCCCCCCCCCCCCCCCC/C=C/CC/C=C/C(O)C(COP(=O)(O)OCC[N+](C)(C)C)NC(=O)CCCCCCCCCCCCCCCCCCCCCCCCCCCCCCCCCCCC. The highest BCUT2D eigenvalue weighted by atomic mass is 31.2. The summed E-state index contributed by atoms with van der Waals surface area (Å²) in [6.45, 7) is 4.87. The quantitative estimate of drug-likeness (QED) is 0.0243. The third-order valence-electron chi connectivity index (χ3n) is 18.2. The van der Waals surface area contributed by atoms with Crippen molar-refractivity contribution in [2.45, 2.75) is 424 Å². The number of unbranched alkanes of at least 4 members (excludes halogenated alkanes) is 58. The van der Waals surface area contributed by atoms with Crippen LogP contribution in [0.5, 0.6) is 0 Å². The van der Waals surface area contributed by atoms with Crippen LogP contribution in [0, 0.1) is 0 Å². The molecule has 8 nitrogen and oxygen atoms in total. The summed E-state index contributed by atoms with van der Waals surface area (Å²) < 4.78 is 23.8. The standard InChI is InChI=1S/C77H153N2O6P/c1-6-8-10-12-14-16-18-20-22-24-26-28-30-32-34-36-38-39-40-41-43-45-47-49-51-53-55-57-59-61-63-65-67-69-71-77(81)78-75(74-85-86(82,83)84-73-72-79(3,4)5)76(80)70-68-66-64-62-60-58-56-54-52-50-48-46-44-42-37-35-33-31-29-27-25-23-21-19-17-15-13-11-9-7-2/h60,62,68,70,75-76,80H,6-59,61,63-67,69,71-74H2,1-5H3,(H-,78,81,82,83)/p+1/b62-60+,70-68+. The molecule has 0 aromatic rings. The minimum Gasteiger partial charge on any atom is -0.387 e. The number of hydrogen-bond acceptors (Lipinski definition) is 5. The average Bonchev–Trinajstić information content (AvgIpc) is 3.68. The Labute approximate surface area is 538 Å². The van der Waals surface area contributed by atoms with Crippen molar-refractivity contribution in [3.63, 3.8) is 0 Å². The molecule has 0 radical (unpaired) electrons. The van der Waals surface area contributed by atoms with Crippen molar-refractivity contribution < 1.29 is 32.9 Å². The number of hydrogen-bond donors (Lipinski definition) is 3. The fourth-order valence-corrected chi connectivity index (χ4v) is 12.9. The second-order valence-corrected chi connectivity index (χ2v) is 29.5. The second-order valence-electron chi connectivity index (χ2n) is 28.1. The number of aliphatic hydroxyl groups is 1. The summed E-state index contributed by atoms with van der Waals surface area (Å²) in [6.07, 6.45) is 90.9. The van der Waals surface area contributed by atoms with Crippen molar-refractivity contribution in [1.29, 1.82) is 0 Å². The first-order valence-corrected chi connectivity index (χ1v) is 40.2. The lowest BCUT2D eigenvalue weighted by atomic mass is 10.0. The maximum atomic E-state index is 13.1. The smallest absolute Gasteiger partial charge is 0.387 e. The van der Waals surface area contributed by atoms with Gasteiger partial charge in [-0.2, -0.15) is 0 Å². The van der Waals surface area contributed by atoms with Gasteiger partial charge in [0.25, 0.3) is 0 Å². The largest absolute Gasteiger partial charge is 0.472 e. The monoisotopic (exact) mass is 1230 g/mol. The zero-order chi connectivity index (χ0) is 62.6. The molecular weight excluding hydrogens is 1080 g/mol. The molecule has 0 aliphatic heterocycles. The number of likely N-dealkylation sites (N-methyl/N-ethyl adjacent to an activating group) is 1. The van der Waals surface area contributed by atoms with Crippen molar-refractivity contribution >= 4 is 13.7 Å². The highest BCUT2D eigenvalue weighted by Gasteiger charge is 2.28. The molecule has 0 aliphatic carbocycles. The van der Waals surface area contributed by atoms with E-state index in [1.165, 1.54) is 353 Å². The molecule has 3 unspecified atom stereocenters. The van der Waals surface area contributed by atoms with Gasteiger partial charge < -0.3 is 19.8 Å². The van der Waals surface area contributed by atoms with E-state index >= 15 is 0 Å². The number of aliphatic hydroxyl groups excluding tert-OH is 1. The Morgan fingerprint density at radius 3 is 0.930 bits per heavy atom. The molecule has 0 aromatic carbocycles. The molecule has 0 saturated heterocycles. The lowest BCUT2D eigenvalue weighted by Gasteiger charge is -2.25. The van der Waals surface area contributed by atoms with E-state index in [1.54, 1.807) is 6.08 Å². The van der Waals surface area contributed by atoms with Gasteiger partial charge >= 0.3 is 7.82 Å². The Hall–Kier alpha value is -1.02. The van der Waals surface area contributed by atoms with Crippen molar-refractivity contribution in [3.8, 4) is 0 Å². The van der Waals surface area contributed by atoms with Crippen LogP contribution in [0.3, 0.4) is 0 Å². The minimum absolute atomic E-state index is 0.0592. The van der Waals surface area contributed by atoms with Gasteiger partial charge in [0.15, 0.2) is 0 Å². The molecule has 0 rings (SSSR count). The summed E-state index contributed by atoms with van der Waals surface area (Å²) in [5.74, 6) is -0.177. The zero-order valence-electron chi connectivity index (χ0n) is 58.8. The molecule has 0 heterocycles. The molecule has 0 fully saturated rings. The number of phosphoric acid groups is 1. The van der Waals surface area contributed by atoms with Crippen molar-refractivity contribution in [3.05, 3.63) is 24.3 Å². The lowest BCUT2D eigenvalue weighted by Crippen LogP contribution is -2.45. The topological polar surface area (TPSA) is 105 Å². The van der Waals surface area contributed by atoms with Gasteiger partial charge in [-0.1, -0.05) is 398 Å². The van der Waals surface area contributed by atoms with Gasteiger partial charge in [-0.3, -0.25) is 13.8 Å². The summed E-state index contributed by atoms with van der Waals surface area (Å²) in [7, 11) is 1.58. The van der Waals surface area contributed by atoms with Crippen LogP contribution in [-0.2, 0) is 18.4 Å². The summed E-state index contributed by atoms with van der Waals surface area (Å²) >= 11 is 0. The summed E-state index contributed by atoms with van der Waals surface area (Å²) in [5, 5.41) is 14.0. The van der Waals surface area contributed by atoms with Crippen molar-refractivity contribution in [2.75, 3.05) is 40.9 Å². The predicted octanol–water partition coefficient (Wildman–Crippen LogP) is 25.0. The minimum atomic E-state index is -4.36. The van der Waals surface area contributed by atoms with Crippen LogP contribution in [0.4, 0.5) is 0 Å². The molecule has 9 heteroatoms. The van der Waals surface area contributed by atoms with Crippen LogP contribution in [-0.4, -0.2) is 73.4 Å². The van der Waals surface area contributed by atoms with E-state index in [4.69, 9.17) is 9.05 Å². The molecule has 3 atom stereocenters. The van der Waals surface area contributed by atoms with Crippen LogP contribution in [0.2, 0.25) is 0 Å². The van der Waals surface area contributed by atoms with Crippen LogP contribution in [0.15, 0.2) is 24.3 Å². The molecule has 512 valence electrons. The number of quaternary nitrogens is 1. The molecule has 86 heavy (non-hydrogen) atoms. The van der Waals surface area contributed by atoms with Gasteiger partial charge in [0, 0.05) is 6.42 Å². The third kappa shape index (κ3) is 70.4. The highest BCUT2D eigenvalue weighted by molar-refractivity contribution is 7.47. The third-order valence-corrected chi connectivity index (χ3v) is 19.2. The first-order valence-electron chi connectivity index (χ1n) is 38.7. The first-order chi connectivity index (χ1) is 42.0. The second kappa shape index (κ2) is 68.3. The lowest BCUT2D eigenvalue weighted by molar-refractivity contribution is -0.870. The molecule has 3 N–H and O–H groups in total. The zero-order valence-corrected chi connectivity index (χ0v) is 59.7. The number of carbonyl (C=O) groups is 1. The van der Waals surface area contributed by atoms with E-state index in [1.807, 2.05) is 27.2 Å². The van der Waals surface area contributed by atoms with Crippen LogP contribution in [0.1, 0.15) is 412 Å². The number of carbonyl (C=O) groups excluding carboxylic acids is 1. The van der Waals surface area contributed by atoms with Crippen LogP contribution >= 0.6 is 7.82 Å². The number of allylic oxidation sites excluding steroid dienone is 3. The summed E-state index contributed by atoms with van der Waals surface area (Å²) in [4.78, 5) is 23.5. The van der Waals surface area contributed by atoms with Crippen LogP contribution < -0.4 is 5.32 Å². The predicted molar refractivity (Wildman–Crippen MR) is 378 cm³/mol. The molecule has 0 aromatic heterocycles. The number of nitrogens with zero attached hydrogens (tertiary/aromatic N) is 1. The summed E-state index contributed by atoms with van der Waals surface area (Å²) in [5.41, 5.74) is 0. The van der Waals surface area contributed by atoms with E-state index in [0.717, 1.165) is 38.5 Å². The molecule has 1 amide bonds. The first kappa shape index (κ1) is 85.0. The van der Waals surface area contributed by atoms with Gasteiger partial charge in [0.1, 0.15) is 13.2 Å². The molecule has 0 bridgehead atoms. The van der Waals surface area contributed by atoms with Crippen molar-refractivity contribution in [1.82, 2.24) is 5.32 Å². The molecule has 0 saturated carbocycles. The Morgan fingerprint density at radius 1 is 0.384 bits per heavy atom. The fourth-order valence-electron chi connectivity index (χ4n) is 12.2. The molecule has 0 spiro atoms. The maximum absolute atomic E-state index is 13.1. The van der Waals surface area contributed by atoms with Gasteiger partial charge in [-0.25, -0.2) is 4.57 Å². The Balaban J connectivity index is 3.99. The Bertz CT molecular complexity index is 1450. The Kier molecular flexibility index (Phi) is 67.5. The number of rotatable bonds is 73. The van der Waals surface area contributed by atoms with E-state index in [2.05, 4.69) is 31.3 Å². The van der Waals surface area contributed by atoms with Gasteiger partial charge in [0.05, 0.1) is 39.9 Å². The number of amides is 1. The maximum Gasteiger partial charge on any atom is 0.472 e. The van der Waals surface area contributed by atoms with E-state index in [-0.39, 0.29) is 19.1 Å². The van der Waals surface area contributed by atoms with E-state index < -0.39 is 20.0 Å². The molecule has 0 aliphatic rings. The average molecular weight is 1240 g/mol. The van der Waals surface area contributed by atoms with Gasteiger partial charge in [-0.15, -0.1) is 0 Å². The Morgan fingerprint density at radius 2 is 0.640 bits per heavy atom. The fraction of sp³-hybridized carbons (Fsp3) is 0.935. The number of nitrogens with one attached hydrogen (secondary N) is 1. The normalized spacial score (nSPS) is 13.6. The van der Waals surface area contributed by atoms with Gasteiger partial charge in [-0.05, 0) is 32.1 Å². The van der Waals surface area contributed by atoms with Gasteiger partial charge in [0.2, 0.25) is 5.91 Å². The van der Waals surface area contributed by atoms with Crippen molar-refractivity contribution in [2.24, 2.45) is 0 Å². The number of phosphoric ester groups is 1. The molecular formula is C77H154N2O6P+. The van der Waals surface area contributed by atoms with Crippen LogP contribution in [0.25, 0.3) is 0 Å².